The van der Waals surface area contributed by atoms with Gasteiger partial charge in [-0.25, -0.2) is 14.4 Å². The van der Waals surface area contributed by atoms with Crippen molar-refractivity contribution in [1.82, 2.24) is 15.0 Å². The van der Waals surface area contributed by atoms with Crippen LogP contribution in [-0.4, -0.2) is 15.0 Å². The molecule has 2 heterocycles. The van der Waals surface area contributed by atoms with E-state index < -0.39 is 5.82 Å². The van der Waals surface area contributed by atoms with Crippen molar-refractivity contribution in [2.45, 2.75) is 6.92 Å². The van der Waals surface area contributed by atoms with E-state index in [2.05, 4.69) is 15.0 Å². The number of rotatable bonds is 1. The molecule has 0 N–H and O–H groups in total. The number of halogens is 2. The minimum absolute atomic E-state index is 0.152. The van der Waals surface area contributed by atoms with E-state index in [0.717, 1.165) is 4.88 Å². The third-order valence-corrected chi connectivity index (χ3v) is 2.65. The van der Waals surface area contributed by atoms with Crippen LogP contribution in [0.1, 0.15) is 5.69 Å². The summed E-state index contributed by atoms with van der Waals surface area (Å²) < 4.78 is 13.1. The third-order valence-electron chi connectivity index (χ3n) is 1.63. The summed E-state index contributed by atoms with van der Waals surface area (Å²) in [6.45, 7) is 1.55. The lowest BCUT2D eigenvalue weighted by Crippen LogP contribution is -1.96. The number of aromatic nitrogens is 3. The second kappa shape index (κ2) is 3.59. The summed E-state index contributed by atoms with van der Waals surface area (Å²) in [6.07, 6.45) is 1.62. The molecule has 72 valence electrons. The molecular weight excluding hydrogens is 225 g/mol. The number of hydrogen-bond acceptors (Lipinski definition) is 4. The quantitative estimate of drug-likeness (QED) is 0.706. The van der Waals surface area contributed by atoms with Gasteiger partial charge in [-0.2, -0.15) is 0 Å². The lowest BCUT2D eigenvalue weighted by Gasteiger charge is -2.00. The topological polar surface area (TPSA) is 38.7 Å². The van der Waals surface area contributed by atoms with Crippen LogP contribution in [0.15, 0.2) is 11.7 Å². The van der Waals surface area contributed by atoms with E-state index in [9.17, 15) is 4.39 Å². The maximum Gasteiger partial charge on any atom is 0.181 e. The highest BCUT2D eigenvalue weighted by Gasteiger charge is 2.11. The first-order valence-electron chi connectivity index (χ1n) is 3.77. The first kappa shape index (κ1) is 9.48. The van der Waals surface area contributed by atoms with Gasteiger partial charge in [-0.3, -0.25) is 4.98 Å². The molecule has 2 aromatic heterocycles. The summed E-state index contributed by atoms with van der Waals surface area (Å²) in [6, 6.07) is 0. The molecule has 0 aliphatic carbocycles. The van der Waals surface area contributed by atoms with E-state index in [4.69, 9.17) is 11.6 Å². The van der Waals surface area contributed by atoms with Crippen LogP contribution in [-0.2, 0) is 0 Å². The zero-order valence-electron chi connectivity index (χ0n) is 7.16. The van der Waals surface area contributed by atoms with Gasteiger partial charge in [-0.1, -0.05) is 11.6 Å². The monoisotopic (exact) mass is 229 g/mol. The van der Waals surface area contributed by atoms with E-state index in [1.165, 1.54) is 11.3 Å². The van der Waals surface area contributed by atoms with E-state index in [0.29, 0.717) is 5.82 Å². The van der Waals surface area contributed by atoms with Crippen LogP contribution in [0, 0.1) is 12.7 Å². The zero-order valence-corrected chi connectivity index (χ0v) is 8.73. The standard InChI is InChI=1S/C8H5ClFN3S/c1-4-6(10)7(9)13-8(12-4)5-2-11-3-14-5/h2-3H,1H3. The Kier molecular flexibility index (Phi) is 2.43. The van der Waals surface area contributed by atoms with Gasteiger partial charge in [0, 0.05) is 6.20 Å². The van der Waals surface area contributed by atoms with Gasteiger partial charge in [0.15, 0.2) is 16.8 Å². The minimum Gasteiger partial charge on any atom is -0.252 e. The first-order valence-corrected chi connectivity index (χ1v) is 5.02. The van der Waals surface area contributed by atoms with Gasteiger partial charge in [0.1, 0.15) is 0 Å². The number of aryl methyl sites for hydroxylation is 1. The van der Waals surface area contributed by atoms with Crippen LogP contribution in [0.25, 0.3) is 10.7 Å². The smallest absolute Gasteiger partial charge is 0.181 e. The molecule has 0 saturated carbocycles. The van der Waals surface area contributed by atoms with Gasteiger partial charge in [0.2, 0.25) is 0 Å². The van der Waals surface area contributed by atoms with Gasteiger partial charge in [-0.05, 0) is 6.92 Å². The van der Waals surface area contributed by atoms with Crippen molar-refractivity contribution in [3.8, 4) is 10.7 Å². The molecular formula is C8H5ClFN3S. The van der Waals surface area contributed by atoms with Crippen LogP contribution in [0.4, 0.5) is 4.39 Å². The molecule has 0 aliphatic rings. The van der Waals surface area contributed by atoms with Crippen LogP contribution >= 0.6 is 22.9 Å². The van der Waals surface area contributed by atoms with Crippen molar-refractivity contribution in [2.75, 3.05) is 0 Å². The van der Waals surface area contributed by atoms with Crippen molar-refractivity contribution in [1.29, 1.82) is 0 Å². The molecule has 3 nitrogen and oxygen atoms in total. The predicted molar refractivity (Wildman–Crippen MR) is 52.8 cm³/mol. The molecule has 0 spiro atoms. The lowest BCUT2D eigenvalue weighted by atomic mass is 10.4. The van der Waals surface area contributed by atoms with Gasteiger partial charge in [-0.15, -0.1) is 11.3 Å². The Bertz CT molecular complexity index is 435. The lowest BCUT2D eigenvalue weighted by molar-refractivity contribution is 0.603. The van der Waals surface area contributed by atoms with E-state index in [1.807, 2.05) is 0 Å². The Labute approximate surface area is 88.6 Å². The molecule has 14 heavy (non-hydrogen) atoms. The number of hydrogen-bond donors (Lipinski definition) is 0. The highest BCUT2D eigenvalue weighted by atomic mass is 35.5. The highest BCUT2D eigenvalue weighted by molar-refractivity contribution is 7.13. The molecule has 2 aromatic rings. The van der Waals surface area contributed by atoms with Crippen LogP contribution in [0.2, 0.25) is 5.15 Å². The normalized spacial score (nSPS) is 10.5. The molecule has 0 bridgehead atoms. The third kappa shape index (κ3) is 1.60. The van der Waals surface area contributed by atoms with Gasteiger partial charge >= 0.3 is 0 Å². The van der Waals surface area contributed by atoms with Gasteiger partial charge < -0.3 is 0 Å². The Morgan fingerprint density at radius 3 is 2.79 bits per heavy atom. The fourth-order valence-corrected chi connectivity index (χ4v) is 1.73. The Hall–Kier alpha value is -1.07. The zero-order chi connectivity index (χ0) is 10.1. The van der Waals surface area contributed by atoms with Crippen molar-refractivity contribution in [2.24, 2.45) is 0 Å². The van der Waals surface area contributed by atoms with Crippen molar-refractivity contribution in [3.05, 3.63) is 28.4 Å². The second-order valence-corrected chi connectivity index (χ2v) is 3.85. The molecule has 0 unspecified atom stereocenters. The van der Waals surface area contributed by atoms with Crippen LogP contribution in [0.5, 0.6) is 0 Å². The largest absolute Gasteiger partial charge is 0.252 e. The SMILES string of the molecule is Cc1nc(-c2cncs2)nc(Cl)c1F. The molecule has 0 aliphatic heterocycles. The predicted octanol–water partition coefficient (Wildman–Crippen LogP) is 2.70. The molecule has 0 fully saturated rings. The fraction of sp³-hybridized carbons (Fsp3) is 0.125. The van der Waals surface area contributed by atoms with E-state index >= 15 is 0 Å². The average molecular weight is 230 g/mol. The minimum atomic E-state index is -0.570. The van der Waals surface area contributed by atoms with Crippen molar-refractivity contribution in [3.63, 3.8) is 0 Å². The van der Waals surface area contributed by atoms with E-state index in [1.54, 1.807) is 18.6 Å². The van der Waals surface area contributed by atoms with Crippen LogP contribution < -0.4 is 0 Å². The molecule has 6 heteroatoms. The second-order valence-electron chi connectivity index (χ2n) is 2.60. The molecule has 0 aromatic carbocycles. The summed E-state index contributed by atoms with van der Waals surface area (Å²) >= 11 is 6.98. The summed E-state index contributed by atoms with van der Waals surface area (Å²) in [5.41, 5.74) is 1.90. The maximum atomic E-state index is 13.1. The number of nitrogens with zero attached hydrogens (tertiary/aromatic N) is 3. The maximum absolute atomic E-state index is 13.1. The molecule has 0 amide bonds. The molecule has 0 atom stereocenters. The van der Waals surface area contributed by atoms with Gasteiger partial charge in [0.25, 0.3) is 0 Å². The average Bonchev–Trinajstić information content (AvgIpc) is 2.66. The summed E-state index contributed by atoms with van der Waals surface area (Å²) in [5.74, 6) is -0.156. The van der Waals surface area contributed by atoms with Crippen molar-refractivity contribution >= 4 is 22.9 Å². The number of thiazole rings is 1. The Morgan fingerprint density at radius 2 is 2.21 bits per heavy atom. The Morgan fingerprint density at radius 1 is 1.43 bits per heavy atom. The van der Waals surface area contributed by atoms with E-state index in [-0.39, 0.29) is 10.8 Å². The van der Waals surface area contributed by atoms with Crippen molar-refractivity contribution < 1.29 is 4.39 Å². The highest BCUT2D eigenvalue weighted by Crippen LogP contribution is 2.23. The molecule has 0 radical (unpaired) electrons. The summed E-state index contributed by atoms with van der Waals surface area (Å²) in [4.78, 5) is 12.5. The summed E-state index contributed by atoms with van der Waals surface area (Å²) in [7, 11) is 0. The first-order chi connectivity index (χ1) is 6.68. The fourth-order valence-electron chi connectivity index (χ4n) is 0.961. The molecule has 0 saturated heterocycles. The summed E-state index contributed by atoms with van der Waals surface area (Å²) in [5, 5.41) is -0.152. The van der Waals surface area contributed by atoms with Gasteiger partial charge in [0.05, 0.1) is 16.1 Å². The van der Waals surface area contributed by atoms with Crippen LogP contribution in [0.3, 0.4) is 0 Å². The molecule has 2 rings (SSSR count). The Balaban J connectivity index is 2.57.